The summed E-state index contributed by atoms with van der Waals surface area (Å²) in [5.74, 6) is 0.975. The molecular formula is C13H21N5O. The van der Waals surface area contributed by atoms with Crippen molar-refractivity contribution in [2.24, 2.45) is 0 Å². The first-order chi connectivity index (χ1) is 8.99. The molecule has 1 saturated heterocycles. The Hall–Kier alpha value is -1.69. The number of anilines is 1. The topological polar surface area (TPSA) is 52.6 Å². The van der Waals surface area contributed by atoms with E-state index in [1.165, 1.54) is 0 Å². The highest BCUT2D eigenvalue weighted by Gasteiger charge is 2.31. The Morgan fingerprint density at radius 1 is 1.32 bits per heavy atom. The maximum absolute atomic E-state index is 12.2. The predicted octanol–water partition coefficient (Wildman–Crippen LogP) is -0.00638. The van der Waals surface area contributed by atoms with Crippen LogP contribution < -0.4 is 4.90 Å². The fraction of sp³-hybridized carbons (Fsp3) is 0.615. The van der Waals surface area contributed by atoms with Crippen LogP contribution in [0.2, 0.25) is 0 Å². The molecule has 1 aliphatic rings. The quantitative estimate of drug-likeness (QED) is 0.751. The minimum absolute atomic E-state index is 0.119. The molecule has 0 bridgehead atoms. The molecule has 0 aromatic carbocycles. The molecule has 1 aromatic heterocycles. The molecule has 1 aromatic rings. The summed E-state index contributed by atoms with van der Waals surface area (Å²) < 4.78 is 0. The van der Waals surface area contributed by atoms with Crippen molar-refractivity contribution in [3.05, 3.63) is 17.8 Å². The van der Waals surface area contributed by atoms with Gasteiger partial charge in [0.05, 0.1) is 5.69 Å². The van der Waals surface area contributed by atoms with Gasteiger partial charge in [-0.1, -0.05) is 0 Å². The summed E-state index contributed by atoms with van der Waals surface area (Å²) in [6.45, 7) is 4.29. The summed E-state index contributed by atoms with van der Waals surface area (Å²) >= 11 is 0. The third-order valence-electron chi connectivity index (χ3n) is 3.48. The second-order valence-electron chi connectivity index (χ2n) is 5.21. The zero-order valence-corrected chi connectivity index (χ0v) is 12.0. The third-order valence-corrected chi connectivity index (χ3v) is 3.48. The molecule has 2 heterocycles. The Morgan fingerprint density at radius 3 is 2.63 bits per heavy atom. The Kier molecular flexibility index (Phi) is 3.99. The third kappa shape index (κ3) is 3.01. The molecule has 1 amide bonds. The minimum atomic E-state index is -0.119. The average Bonchev–Trinajstić information content (AvgIpc) is 2.39. The summed E-state index contributed by atoms with van der Waals surface area (Å²) in [7, 11) is 5.58. The number of piperazine rings is 1. The van der Waals surface area contributed by atoms with Gasteiger partial charge in [-0.3, -0.25) is 9.69 Å². The molecule has 0 aliphatic carbocycles. The first kappa shape index (κ1) is 13.7. The van der Waals surface area contributed by atoms with E-state index in [0.29, 0.717) is 6.54 Å². The van der Waals surface area contributed by atoms with E-state index in [1.54, 1.807) is 19.0 Å². The highest BCUT2D eigenvalue weighted by molar-refractivity contribution is 5.82. The molecule has 0 N–H and O–H groups in total. The number of hydrogen-bond donors (Lipinski definition) is 0. The first-order valence-electron chi connectivity index (χ1n) is 6.45. The number of carbonyl (C=O) groups excluding carboxylic acids is 1. The van der Waals surface area contributed by atoms with Crippen molar-refractivity contribution in [3.8, 4) is 0 Å². The Morgan fingerprint density at radius 2 is 2.05 bits per heavy atom. The molecule has 0 spiro atoms. The molecule has 0 saturated carbocycles. The number of aryl methyl sites for hydroxylation is 1. The van der Waals surface area contributed by atoms with Crippen LogP contribution in [0.4, 0.5) is 5.82 Å². The number of aromatic nitrogens is 2. The lowest BCUT2D eigenvalue weighted by Gasteiger charge is -2.39. The van der Waals surface area contributed by atoms with Gasteiger partial charge in [-0.25, -0.2) is 0 Å². The van der Waals surface area contributed by atoms with Crippen LogP contribution in [0, 0.1) is 6.92 Å². The normalized spacial score (nSPS) is 20.4. The summed E-state index contributed by atoms with van der Waals surface area (Å²) in [6.07, 6.45) is 0. The maximum Gasteiger partial charge on any atom is 0.241 e. The van der Waals surface area contributed by atoms with E-state index >= 15 is 0 Å². The predicted molar refractivity (Wildman–Crippen MR) is 74.1 cm³/mol. The van der Waals surface area contributed by atoms with Crippen LogP contribution in [0.5, 0.6) is 0 Å². The Labute approximate surface area is 114 Å². The van der Waals surface area contributed by atoms with Gasteiger partial charge < -0.3 is 9.80 Å². The summed E-state index contributed by atoms with van der Waals surface area (Å²) in [4.78, 5) is 18.0. The lowest BCUT2D eigenvalue weighted by Crippen LogP contribution is -2.57. The molecule has 2 rings (SSSR count). The van der Waals surface area contributed by atoms with Crippen LogP contribution in [0.3, 0.4) is 0 Å². The van der Waals surface area contributed by atoms with Crippen molar-refractivity contribution in [1.29, 1.82) is 0 Å². The fourth-order valence-electron chi connectivity index (χ4n) is 2.21. The van der Waals surface area contributed by atoms with E-state index in [2.05, 4.69) is 20.0 Å². The van der Waals surface area contributed by atoms with Crippen LogP contribution in [0.25, 0.3) is 0 Å². The van der Waals surface area contributed by atoms with Crippen molar-refractivity contribution >= 4 is 11.7 Å². The molecule has 1 aliphatic heterocycles. The Balaban J connectivity index is 2.12. The number of amides is 1. The van der Waals surface area contributed by atoms with Crippen molar-refractivity contribution in [1.82, 2.24) is 20.0 Å². The van der Waals surface area contributed by atoms with E-state index in [9.17, 15) is 4.79 Å². The van der Waals surface area contributed by atoms with Gasteiger partial charge in [0.1, 0.15) is 6.04 Å². The Bertz CT molecular complexity index is 445. The van der Waals surface area contributed by atoms with Crippen LogP contribution in [-0.2, 0) is 4.79 Å². The average molecular weight is 263 g/mol. The molecule has 6 heteroatoms. The second kappa shape index (κ2) is 5.52. The van der Waals surface area contributed by atoms with E-state index in [0.717, 1.165) is 24.6 Å². The first-order valence-corrected chi connectivity index (χ1v) is 6.45. The summed E-state index contributed by atoms with van der Waals surface area (Å²) in [6, 6.07) is 3.79. The smallest absolute Gasteiger partial charge is 0.241 e. The molecule has 1 unspecified atom stereocenters. The van der Waals surface area contributed by atoms with Crippen LogP contribution in [-0.4, -0.2) is 72.7 Å². The highest BCUT2D eigenvalue weighted by atomic mass is 16.2. The standard InChI is InChI=1S/C13H21N5O/c1-10-5-6-12(15-14-10)18-8-7-17(4)11(9-18)13(19)16(2)3/h5-6,11H,7-9H2,1-4H3. The number of nitrogens with zero attached hydrogens (tertiary/aromatic N) is 5. The molecule has 104 valence electrons. The van der Waals surface area contributed by atoms with E-state index in [-0.39, 0.29) is 11.9 Å². The zero-order chi connectivity index (χ0) is 14.0. The number of hydrogen-bond acceptors (Lipinski definition) is 5. The van der Waals surface area contributed by atoms with Gasteiger partial charge in [-0.05, 0) is 26.1 Å². The summed E-state index contributed by atoms with van der Waals surface area (Å²) in [5, 5.41) is 8.28. The maximum atomic E-state index is 12.2. The van der Waals surface area contributed by atoms with E-state index < -0.39 is 0 Å². The minimum Gasteiger partial charge on any atom is -0.352 e. The lowest BCUT2D eigenvalue weighted by molar-refractivity contribution is -0.134. The van der Waals surface area contributed by atoms with Crippen LogP contribution in [0.15, 0.2) is 12.1 Å². The second-order valence-corrected chi connectivity index (χ2v) is 5.21. The molecule has 6 nitrogen and oxygen atoms in total. The molecule has 0 radical (unpaired) electrons. The largest absolute Gasteiger partial charge is 0.352 e. The lowest BCUT2D eigenvalue weighted by atomic mass is 10.1. The van der Waals surface area contributed by atoms with Crippen molar-refractivity contribution in [3.63, 3.8) is 0 Å². The zero-order valence-electron chi connectivity index (χ0n) is 12.0. The van der Waals surface area contributed by atoms with Gasteiger partial charge in [-0.2, -0.15) is 5.10 Å². The van der Waals surface area contributed by atoms with Gasteiger partial charge in [0, 0.05) is 33.7 Å². The van der Waals surface area contributed by atoms with E-state index in [4.69, 9.17) is 0 Å². The van der Waals surface area contributed by atoms with Gasteiger partial charge >= 0.3 is 0 Å². The molecule has 1 fully saturated rings. The van der Waals surface area contributed by atoms with Gasteiger partial charge in [0.15, 0.2) is 5.82 Å². The summed E-state index contributed by atoms with van der Waals surface area (Å²) in [5.41, 5.74) is 0.902. The van der Waals surface area contributed by atoms with Crippen LogP contribution in [0.1, 0.15) is 5.69 Å². The van der Waals surface area contributed by atoms with Crippen molar-refractivity contribution in [2.45, 2.75) is 13.0 Å². The van der Waals surface area contributed by atoms with E-state index in [1.807, 2.05) is 26.1 Å². The fourth-order valence-corrected chi connectivity index (χ4v) is 2.21. The molecular weight excluding hydrogens is 242 g/mol. The number of carbonyl (C=O) groups is 1. The monoisotopic (exact) mass is 263 g/mol. The van der Waals surface area contributed by atoms with Gasteiger partial charge in [0.25, 0.3) is 0 Å². The number of rotatable bonds is 2. The van der Waals surface area contributed by atoms with Crippen molar-refractivity contribution in [2.75, 3.05) is 45.7 Å². The molecule has 19 heavy (non-hydrogen) atoms. The van der Waals surface area contributed by atoms with Gasteiger partial charge in [0.2, 0.25) is 5.91 Å². The van der Waals surface area contributed by atoms with Gasteiger partial charge in [-0.15, -0.1) is 5.10 Å². The van der Waals surface area contributed by atoms with Crippen LogP contribution >= 0.6 is 0 Å². The van der Waals surface area contributed by atoms with Crippen molar-refractivity contribution < 1.29 is 4.79 Å². The SMILES string of the molecule is Cc1ccc(N2CCN(C)C(C(=O)N(C)C)C2)nn1. The molecule has 1 atom stereocenters. The number of likely N-dealkylation sites (N-methyl/N-ethyl adjacent to an activating group) is 2. The highest BCUT2D eigenvalue weighted by Crippen LogP contribution is 2.16.